The Kier molecular flexibility index (Phi) is 10.00. The molecule has 0 bridgehead atoms. The molecule has 0 aromatic heterocycles. The monoisotopic (exact) mass is 573 g/mol. The lowest BCUT2D eigenvalue weighted by Gasteiger charge is -2.42. The van der Waals surface area contributed by atoms with Crippen molar-refractivity contribution in [3.05, 3.63) is 0 Å². The van der Waals surface area contributed by atoms with E-state index < -0.39 is 58.9 Å². The van der Waals surface area contributed by atoms with Crippen molar-refractivity contribution in [3.8, 4) is 0 Å². The van der Waals surface area contributed by atoms with E-state index in [9.17, 15) is 13.0 Å². The van der Waals surface area contributed by atoms with Crippen LogP contribution in [0.2, 0.25) is 0 Å². The summed E-state index contributed by atoms with van der Waals surface area (Å²) in [6.45, 7) is 24.4. The zero-order chi connectivity index (χ0) is 29.9. The highest BCUT2D eigenvalue weighted by atomic mass is 32.2. The van der Waals surface area contributed by atoms with Crippen molar-refractivity contribution >= 4 is 33.5 Å². The van der Waals surface area contributed by atoms with Gasteiger partial charge in [-0.15, -0.1) is 4.49 Å². The Labute approximate surface area is 234 Å². The van der Waals surface area contributed by atoms with Gasteiger partial charge in [0.15, 0.2) is 0 Å². The SMILES string of the molecule is [B][C@@H]1O[C@H](C(C)(C)C)[C@H](O[P@](=O)(NS(C)(=O)=O)OC[C@H]2O[C@@H]([B])C(C(C)(C)C)[C@H]2C(C)(C)C)C1C(C)(C)C. The molecule has 38 heavy (non-hydrogen) atoms. The predicted molar refractivity (Wildman–Crippen MR) is 154 cm³/mol. The average Bonchev–Trinajstić information content (AvgIpc) is 3.14. The van der Waals surface area contributed by atoms with Gasteiger partial charge in [0.25, 0.3) is 0 Å². The second-order valence-corrected chi connectivity index (χ2v) is 19.2. The van der Waals surface area contributed by atoms with Crippen LogP contribution in [0.3, 0.4) is 0 Å². The first kappa shape index (κ1) is 34.3. The molecule has 8 nitrogen and oxygen atoms in total. The first-order valence-electron chi connectivity index (χ1n) is 13.4. The molecule has 1 N–H and O–H groups in total. The minimum absolute atomic E-state index is 0.00366. The molecule has 0 aromatic carbocycles. The lowest BCUT2D eigenvalue weighted by atomic mass is 9.59. The average molecular weight is 573 g/mol. The molecule has 0 aromatic rings. The number of nitrogens with one attached hydrogen (secondary N) is 1. The smallest absolute Gasteiger partial charge is 0.382 e. The van der Waals surface area contributed by atoms with Crippen LogP contribution < -0.4 is 4.49 Å². The van der Waals surface area contributed by atoms with Gasteiger partial charge in [-0.25, -0.2) is 13.0 Å². The number of sulfonamides is 1. The number of ether oxygens (including phenoxy) is 2. The van der Waals surface area contributed by atoms with E-state index in [2.05, 4.69) is 46.0 Å². The molecule has 9 atom stereocenters. The lowest BCUT2D eigenvalue weighted by molar-refractivity contribution is -0.0385. The highest BCUT2D eigenvalue weighted by Crippen LogP contribution is 2.56. The maximum absolute atomic E-state index is 14.2. The van der Waals surface area contributed by atoms with Crippen LogP contribution >= 0.6 is 7.75 Å². The van der Waals surface area contributed by atoms with Crippen molar-refractivity contribution < 1.29 is 31.5 Å². The van der Waals surface area contributed by atoms with E-state index in [0.717, 1.165) is 6.26 Å². The van der Waals surface area contributed by atoms with Crippen molar-refractivity contribution in [2.75, 3.05) is 12.9 Å². The van der Waals surface area contributed by atoms with E-state index in [4.69, 9.17) is 34.2 Å². The lowest BCUT2D eigenvalue weighted by Crippen LogP contribution is -2.44. The molecule has 0 aliphatic carbocycles. The minimum Gasteiger partial charge on any atom is -0.382 e. The van der Waals surface area contributed by atoms with E-state index >= 15 is 0 Å². The van der Waals surface area contributed by atoms with Crippen molar-refractivity contribution in [2.24, 2.45) is 39.4 Å². The van der Waals surface area contributed by atoms with Crippen LogP contribution in [-0.2, 0) is 33.1 Å². The van der Waals surface area contributed by atoms with Crippen LogP contribution in [0, 0.1) is 39.4 Å². The fourth-order valence-electron chi connectivity index (χ4n) is 6.20. The van der Waals surface area contributed by atoms with E-state index in [-0.39, 0.29) is 35.2 Å². The van der Waals surface area contributed by atoms with Gasteiger partial charge >= 0.3 is 7.75 Å². The third kappa shape index (κ3) is 8.33. The Balaban J connectivity index is 2.45. The maximum Gasteiger partial charge on any atom is 0.419 e. The second-order valence-electron chi connectivity index (χ2n) is 15.4. The van der Waals surface area contributed by atoms with Gasteiger partial charge in [-0.1, -0.05) is 83.1 Å². The van der Waals surface area contributed by atoms with Crippen LogP contribution in [0.4, 0.5) is 0 Å². The first-order valence-corrected chi connectivity index (χ1v) is 16.8. The highest BCUT2D eigenvalue weighted by Gasteiger charge is 2.56. The summed E-state index contributed by atoms with van der Waals surface area (Å²) in [7, 11) is 4.43. The molecule has 0 spiro atoms. The van der Waals surface area contributed by atoms with Gasteiger partial charge in [0, 0.05) is 17.9 Å². The minimum atomic E-state index is -4.44. The molecule has 2 unspecified atom stereocenters. The van der Waals surface area contributed by atoms with E-state index in [1.54, 1.807) is 0 Å². The van der Waals surface area contributed by atoms with Gasteiger partial charge in [-0.3, -0.25) is 9.05 Å². The van der Waals surface area contributed by atoms with Gasteiger partial charge in [0.2, 0.25) is 10.0 Å². The van der Waals surface area contributed by atoms with Gasteiger partial charge in [0.1, 0.15) is 21.8 Å². The zero-order valence-corrected chi connectivity index (χ0v) is 27.4. The summed E-state index contributed by atoms with van der Waals surface area (Å²) in [5, 5.41) is 0. The fraction of sp³-hybridized carbons (Fsp3) is 1.00. The van der Waals surface area contributed by atoms with E-state index in [1.807, 2.05) is 41.5 Å². The Morgan fingerprint density at radius 2 is 1.21 bits per heavy atom. The molecule has 2 saturated heterocycles. The van der Waals surface area contributed by atoms with Crippen LogP contribution in [-0.4, -0.2) is 67.3 Å². The molecule has 2 rings (SSSR count). The summed E-state index contributed by atoms with van der Waals surface area (Å²) < 4.78 is 65.4. The third-order valence-corrected chi connectivity index (χ3v) is 10.8. The molecule has 2 aliphatic heterocycles. The standard InChI is InChI=1S/C26H50B2NO7PS/c1-23(2,3)16-15(34-21(27)17(16)24(4,5)6)14-33-37(30,29-38(13,31)32)36-19-18(25(7,8)9)22(28)35-20(19)26(10,11)12/h15-22H,14H2,1-13H3,(H,29,30)/t15-,16+,17?,18?,19-,20+,21-,22-,37+/m1/s1. The molecule has 218 valence electrons. The van der Waals surface area contributed by atoms with Crippen LogP contribution in [0.5, 0.6) is 0 Å². The van der Waals surface area contributed by atoms with Crippen LogP contribution in [0.15, 0.2) is 0 Å². The van der Waals surface area contributed by atoms with Crippen molar-refractivity contribution in [2.45, 2.75) is 113 Å². The molecule has 2 heterocycles. The van der Waals surface area contributed by atoms with Crippen LogP contribution in [0.25, 0.3) is 0 Å². The molecule has 0 amide bonds. The Bertz CT molecular complexity index is 982. The molecule has 0 saturated carbocycles. The topological polar surface area (TPSA) is 100 Å². The van der Waals surface area contributed by atoms with Gasteiger partial charge in [-0.05, 0) is 33.5 Å². The van der Waals surface area contributed by atoms with Crippen LogP contribution in [0.1, 0.15) is 83.1 Å². The summed E-state index contributed by atoms with van der Waals surface area (Å²) in [5.41, 5.74) is -1.19. The van der Waals surface area contributed by atoms with E-state index in [1.165, 1.54) is 0 Å². The zero-order valence-electron chi connectivity index (χ0n) is 25.7. The molecular weight excluding hydrogens is 523 g/mol. The Morgan fingerprint density at radius 3 is 1.61 bits per heavy atom. The molecule has 2 fully saturated rings. The molecule has 2 aliphatic rings. The normalized spacial score (nSPS) is 35.4. The Morgan fingerprint density at radius 1 is 0.763 bits per heavy atom. The maximum atomic E-state index is 14.2. The third-order valence-electron chi connectivity index (χ3n) is 7.58. The molecule has 4 radical (unpaired) electrons. The largest absolute Gasteiger partial charge is 0.419 e. The van der Waals surface area contributed by atoms with Gasteiger partial charge < -0.3 is 9.47 Å². The summed E-state index contributed by atoms with van der Waals surface area (Å²) in [6, 6.07) is -1.24. The van der Waals surface area contributed by atoms with Gasteiger partial charge in [-0.2, -0.15) is 0 Å². The fourth-order valence-corrected chi connectivity index (χ4v) is 9.17. The molecule has 12 heteroatoms. The summed E-state index contributed by atoms with van der Waals surface area (Å²) >= 11 is 0. The van der Waals surface area contributed by atoms with Crippen molar-refractivity contribution in [1.29, 1.82) is 0 Å². The summed E-state index contributed by atoms with van der Waals surface area (Å²) in [5.74, 6) is -0.429. The molecular formula is C26H50B2NO7PS. The number of hydrogen-bond donors (Lipinski definition) is 1. The second kappa shape index (κ2) is 11.1. The van der Waals surface area contributed by atoms with Crippen molar-refractivity contribution in [1.82, 2.24) is 4.49 Å². The first-order chi connectivity index (χ1) is 16.7. The van der Waals surface area contributed by atoms with E-state index in [0.29, 0.717) is 0 Å². The predicted octanol–water partition coefficient (Wildman–Crippen LogP) is 4.87. The highest BCUT2D eigenvalue weighted by molar-refractivity contribution is 7.94. The quantitative estimate of drug-likeness (QED) is 0.343. The summed E-state index contributed by atoms with van der Waals surface area (Å²) in [6.07, 6.45) is -0.950. The number of hydrogen-bond acceptors (Lipinski definition) is 7. The van der Waals surface area contributed by atoms with Gasteiger partial charge in [0.05, 0.1) is 25.1 Å². The van der Waals surface area contributed by atoms with Crippen molar-refractivity contribution in [3.63, 3.8) is 0 Å². The number of rotatable bonds is 7. The summed E-state index contributed by atoms with van der Waals surface area (Å²) in [4.78, 5) is 0. The Hall–Kier alpha value is 0.110.